The number of para-hydroxylation sites is 1. The number of carbonyl (C=O) groups is 1. The van der Waals surface area contributed by atoms with Gasteiger partial charge in [0.2, 0.25) is 5.91 Å². The molecule has 0 fully saturated rings. The van der Waals surface area contributed by atoms with E-state index in [1.165, 1.54) is 12.1 Å². The van der Waals surface area contributed by atoms with Crippen molar-refractivity contribution < 1.29 is 9.18 Å². The molecule has 0 aliphatic heterocycles. The first-order valence-electron chi connectivity index (χ1n) is 9.53. The first-order valence-corrected chi connectivity index (χ1v) is 9.53. The Kier molecular flexibility index (Phi) is 6.19. The van der Waals surface area contributed by atoms with Crippen LogP contribution in [0.4, 0.5) is 4.39 Å². The van der Waals surface area contributed by atoms with Gasteiger partial charge in [0, 0.05) is 12.5 Å². The average molecular weight is 381 g/mol. The van der Waals surface area contributed by atoms with Crippen LogP contribution >= 0.6 is 0 Å². The molecular weight excluding hydrogens is 357 g/mol. The van der Waals surface area contributed by atoms with Gasteiger partial charge in [0.25, 0.3) is 5.56 Å². The van der Waals surface area contributed by atoms with Crippen molar-refractivity contribution in [2.45, 2.75) is 39.8 Å². The maximum Gasteiger partial charge on any atom is 0.258 e. The van der Waals surface area contributed by atoms with Crippen LogP contribution < -0.4 is 5.56 Å². The highest BCUT2D eigenvalue weighted by Gasteiger charge is 2.23. The number of aromatic amines is 1. The maximum absolute atomic E-state index is 13.2. The summed E-state index contributed by atoms with van der Waals surface area (Å²) < 4.78 is 13.2. The molecule has 0 bridgehead atoms. The molecule has 0 atom stereocenters. The molecule has 0 saturated carbocycles. The molecule has 5 nitrogen and oxygen atoms in total. The molecule has 0 aliphatic carbocycles. The van der Waals surface area contributed by atoms with Crippen molar-refractivity contribution in [2.24, 2.45) is 5.92 Å². The summed E-state index contributed by atoms with van der Waals surface area (Å²) in [6, 6.07) is 13.2. The first-order chi connectivity index (χ1) is 13.5. The molecular formula is C22H24FN3O2. The molecule has 2 aromatic carbocycles. The monoisotopic (exact) mass is 381 g/mol. The second-order valence-corrected chi connectivity index (χ2v) is 6.86. The van der Waals surface area contributed by atoms with Gasteiger partial charge in [0.1, 0.15) is 11.6 Å². The Morgan fingerprint density at radius 2 is 1.75 bits per heavy atom. The van der Waals surface area contributed by atoms with Crippen LogP contribution in [0.15, 0.2) is 53.3 Å². The van der Waals surface area contributed by atoms with Crippen LogP contribution in [0.25, 0.3) is 10.9 Å². The van der Waals surface area contributed by atoms with E-state index >= 15 is 0 Å². The number of nitrogens with zero attached hydrogens (tertiary/aromatic N) is 2. The molecule has 0 radical (unpaired) electrons. The molecule has 3 rings (SSSR count). The van der Waals surface area contributed by atoms with Gasteiger partial charge in [-0.25, -0.2) is 9.37 Å². The molecule has 1 N–H and O–H groups in total. The lowest BCUT2D eigenvalue weighted by Crippen LogP contribution is -2.36. The number of H-pyrrole nitrogens is 1. The predicted octanol–water partition coefficient (Wildman–Crippen LogP) is 4.03. The highest BCUT2D eigenvalue weighted by molar-refractivity contribution is 5.79. The third-order valence-electron chi connectivity index (χ3n) is 4.94. The standard InChI is InChI=1S/C22H24FN3O2/c1-3-16(4-2)22(28)26(13-15-9-11-17(23)12-10-15)14-20-24-19-8-6-5-7-18(19)21(27)25-20/h5-12,16H,3-4,13-14H2,1-2H3,(H,24,25,27). The van der Waals surface area contributed by atoms with E-state index in [0.29, 0.717) is 23.3 Å². The largest absolute Gasteiger partial charge is 0.331 e. The lowest BCUT2D eigenvalue weighted by Gasteiger charge is -2.26. The zero-order valence-corrected chi connectivity index (χ0v) is 16.1. The topological polar surface area (TPSA) is 66.1 Å². The van der Waals surface area contributed by atoms with Gasteiger partial charge in [0.15, 0.2) is 0 Å². The van der Waals surface area contributed by atoms with Crippen LogP contribution in [0.1, 0.15) is 38.1 Å². The summed E-state index contributed by atoms with van der Waals surface area (Å²) >= 11 is 0. The third-order valence-corrected chi connectivity index (χ3v) is 4.94. The van der Waals surface area contributed by atoms with E-state index in [1.807, 2.05) is 19.9 Å². The van der Waals surface area contributed by atoms with Crippen LogP contribution in [0.5, 0.6) is 0 Å². The van der Waals surface area contributed by atoms with E-state index < -0.39 is 0 Å². The van der Waals surface area contributed by atoms with Crippen LogP contribution in [0.3, 0.4) is 0 Å². The van der Waals surface area contributed by atoms with Crippen molar-refractivity contribution in [1.29, 1.82) is 0 Å². The van der Waals surface area contributed by atoms with Crippen molar-refractivity contribution in [3.05, 3.63) is 76.1 Å². The third kappa shape index (κ3) is 4.44. The van der Waals surface area contributed by atoms with E-state index in [1.54, 1.807) is 35.2 Å². The van der Waals surface area contributed by atoms with E-state index in [-0.39, 0.29) is 29.7 Å². The summed E-state index contributed by atoms with van der Waals surface area (Å²) in [5, 5.41) is 0.516. The fourth-order valence-corrected chi connectivity index (χ4v) is 3.31. The highest BCUT2D eigenvalue weighted by atomic mass is 19.1. The first kappa shape index (κ1) is 19.7. The number of hydrogen-bond acceptors (Lipinski definition) is 3. The Morgan fingerprint density at radius 1 is 1.07 bits per heavy atom. The Hall–Kier alpha value is -3.02. The van der Waals surface area contributed by atoms with Crippen LogP contribution in [-0.2, 0) is 17.9 Å². The van der Waals surface area contributed by atoms with E-state index in [4.69, 9.17) is 0 Å². The van der Waals surface area contributed by atoms with Gasteiger partial charge < -0.3 is 9.88 Å². The minimum absolute atomic E-state index is 0.00475. The fourth-order valence-electron chi connectivity index (χ4n) is 3.31. The highest BCUT2D eigenvalue weighted by Crippen LogP contribution is 2.17. The van der Waals surface area contributed by atoms with Gasteiger partial charge in [-0.3, -0.25) is 9.59 Å². The number of rotatable bonds is 7. The number of hydrogen-bond donors (Lipinski definition) is 1. The Balaban J connectivity index is 1.93. The van der Waals surface area contributed by atoms with Gasteiger partial charge in [-0.1, -0.05) is 38.1 Å². The van der Waals surface area contributed by atoms with Crippen LogP contribution in [-0.4, -0.2) is 20.8 Å². The Morgan fingerprint density at radius 3 is 2.43 bits per heavy atom. The summed E-state index contributed by atoms with van der Waals surface area (Å²) in [4.78, 5) is 34.4. The molecule has 0 saturated heterocycles. The van der Waals surface area contributed by atoms with Crippen molar-refractivity contribution in [3.8, 4) is 0 Å². The summed E-state index contributed by atoms with van der Waals surface area (Å²) in [7, 11) is 0. The van der Waals surface area contributed by atoms with Gasteiger partial charge in [-0.05, 0) is 42.7 Å². The van der Waals surface area contributed by atoms with Crippen LogP contribution in [0.2, 0.25) is 0 Å². The number of carbonyl (C=O) groups excluding carboxylic acids is 1. The second kappa shape index (κ2) is 8.78. The predicted molar refractivity (Wildman–Crippen MR) is 107 cm³/mol. The molecule has 28 heavy (non-hydrogen) atoms. The number of nitrogens with one attached hydrogen (secondary N) is 1. The van der Waals surface area contributed by atoms with Crippen molar-refractivity contribution >= 4 is 16.8 Å². The number of halogens is 1. The average Bonchev–Trinajstić information content (AvgIpc) is 2.70. The Labute approximate surface area is 163 Å². The lowest BCUT2D eigenvalue weighted by atomic mass is 10.0. The van der Waals surface area contributed by atoms with Gasteiger partial charge in [0.05, 0.1) is 17.4 Å². The molecule has 146 valence electrons. The van der Waals surface area contributed by atoms with E-state index in [9.17, 15) is 14.0 Å². The Bertz CT molecular complexity index is 1010. The van der Waals surface area contributed by atoms with E-state index in [0.717, 1.165) is 18.4 Å². The van der Waals surface area contributed by atoms with Gasteiger partial charge in [-0.15, -0.1) is 0 Å². The minimum Gasteiger partial charge on any atom is -0.331 e. The SMILES string of the molecule is CCC(CC)C(=O)N(Cc1ccc(F)cc1)Cc1nc2ccccc2c(=O)[nH]1. The summed E-state index contributed by atoms with van der Waals surface area (Å²) in [5.41, 5.74) is 1.19. The fraction of sp³-hybridized carbons (Fsp3) is 0.318. The second-order valence-electron chi connectivity index (χ2n) is 6.86. The number of benzene rings is 2. The summed E-state index contributed by atoms with van der Waals surface area (Å²) in [6.45, 7) is 4.48. The van der Waals surface area contributed by atoms with Crippen LogP contribution in [0, 0.1) is 11.7 Å². The van der Waals surface area contributed by atoms with Crippen molar-refractivity contribution in [2.75, 3.05) is 0 Å². The molecule has 1 amide bonds. The number of fused-ring (bicyclic) bond motifs is 1. The number of aromatic nitrogens is 2. The molecule has 6 heteroatoms. The molecule has 3 aromatic rings. The number of amides is 1. The molecule has 0 unspecified atom stereocenters. The quantitative estimate of drug-likeness (QED) is 0.672. The zero-order valence-electron chi connectivity index (χ0n) is 16.1. The maximum atomic E-state index is 13.2. The van der Waals surface area contributed by atoms with E-state index in [2.05, 4.69) is 9.97 Å². The van der Waals surface area contributed by atoms with Gasteiger partial charge in [-0.2, -0.15) is 0 Å². The molecule has 0 spiro atoms. The normalized spacial score (nSPS) is 11.1. The summed E-state index contributed by atoms with van der Waals surface area (Å²) in [5.74, 6) is 0.0185. The molecule has 1 heterocycles. The zero-order chi connectivity index (χ0) is 20.1. The van der Waals surface area contributed by atoms with Gasteiger partial charge >= 0.3 is 0 Å². The smallest absolute Gasteiger partial charge is 0.258 e. The van der Waals surface area contributed by atoms with Crippen molar-refractivity contribution in [1.82, 2.24) is 14.9 Å². The molecule has 1 aromatic heterocycles. The lowest BCUT2D eigenvalue weighted by molar-refractivity contribution is -0.137. The van der Waals surface area contributed by atoms with Crippen molar-refractivity contribution in [3.63, 3.8) is 0 Å². The minimum atomic E-state index is -0.317. The summed E-state index contributed by atoms with van der Waals surface area (Å²) in [6.07, 6.45) is 1.47. The molecule has 0 aliphatic rings.